The summed E-state index contributed by atoms with van der Waals surface area (Å²) in [4.78, 5) is 12.8. The topological polar surface area (TPSA) is 64.3 Å². The number of carbonyl (C=O) groups is 1. The molecule has 1 heterocycles. The fourth-order valence-electron chi connectivity index (χ4n) is 3.50. The molecule has 2 aromatic rings. The van der Waals surface area contributed by atoms with Gasteiger partial charge in [0.15, 0.2) is 5.78 Å². The fourth-order valence-corrected chi connectivity index (χ4v) is 3.50. The molecule has 0 radical (unpaired) electrons. The summed E-state index contributed by atoms with van der Waals surface area (Å²) in [5.41, 5.74) is 10.1. The second-order valence-electron chi connectivity index (χ2n) is 6.86. The maximum Gasteiger partial charge on any atom is 0.187 e. The average Bonchev–Trinajstić information content (AvgIpc) is 2.67. The van der Waals surface area contributed by atoms with Crippen molar-refractivity contribution in [2.75, 3.05) is 12.8 Å². The molecule has 1 aliphatic heterocycles. The number of hydrogen-bond acceptors (Lipinski definition) is 4. The first-order valence-electron chi connectivity index (χ1n) is 9.07. The highest BCUT2D eigenvalue weighted by molar-refractivity contribution is 6.08. The molecule has 136 valence electrons. The number of anilines is 1. The molecule has 3 rings (SSSR count). The molecule has 0 saturated heterocycles. The van der Waals surface area contributed by atoms with Gasteiger partial charge in [-0.2, -0.15) is 0 Å². The second-order valence-corrected chi connectivity index (χ2v) is 6.86. The molecule has 0 atom stereocenters. The zero-order chi connectivity index (χ0) is 18.7. The van der Waals surface area contributed by atoms with Gasteiger partial charge in [-0.1, -0.05) is 19.9 Å². The summed E-state index contributed by atoms with van der Waals surface area (Å²) in [5.74, 6) is 0.751. The maximum atomic E-state index is 12.8. The normalized spacial score (nSPS) is 16.7. The van der Waals surface area contributed by atoms with Crippen LogP contribution in [0.2, 0.25) is 0 Å². The largest absolute Gasteiger partial charge is 0.497 e. The van der Waals surface area contributed by atoms with Crippen molar-refractivity contribution in [1.82, 2.24) is 5.32 Å². The monoisotopic (exact) mass is 350 g/mol. The SMILES string of the molecule is CCC1(CC)Cc2ccc(OC)cc2/C(=C/C(=O)c2ccc(N)cc2)N1. The van der Waals surface area contributed by atoms with Crippen LogP contribution in [0.1, 0.15) is 48.2 Å². The highest BCUT2D eigenvalue weighted by Crippen LogP contribution is 2.35. The number of nitrogens with two attached hydrogens (primary N) is 1. The van der Waals surface area contributed by atoms with E-state index < -0.39 is 0 Å². The lowest BCUT2D eigenvalue weighted by atomic mass is 9.79. The third kappa shape index (κ3) is 3.45. The number of nitrogen functional groups attached to an aromatic ring is 1. The molecular weight excluding hydrogens is 324 g/mol. The van der Waals surface area contributed by atoms with Gasteiger partial charge in [-0.05, 0) is 61.2 Å². The minimum Gasteiger partial charge on any atom is -0.497 e. The first-order valence-corrected chi connectivity index (χ1v) is 9.07. The second kappa shape index (κ2) is 7.24. The Hall–Kier alpha value is -2.75. The molecule has 2 aromatic carbocycles. The van der Waals surface area contributed by atoms with Crippen molar-refractivity contribution in [3.8, 4) is 5.75 Å². The number of benzene rings is 2. The van der Waals surface area contributed by atoms with Crippen molar-refractivity contribution in [3.63, 3.8) is 0 Å². The third-order valence-electron chi connectivity index (χ3n) is 5.36. The van der Waals surface area contributed by atoms with E-state index in [1.165, 1.54) is 5.56 Å². The molecule has 0 fully saturated rings. The van der Waals surface area contributed by atoms with Gasteiger partial charge in [0.1, 0.15) is 5.75 Å². The van der Waals surface area contributed by atoms with Gasteiger partial charge in [0, 0.05) is 34.1 Å². The van der Waals surface area contributed by atoms with Crippen LogP contribution in [0.3, 0.4) is 0 Å². The first kappa shape index (κ1) is 18.1. The highest BCUT2D eigenvalue weighted by Gasteiger charge is 2.33. The molecule has 4 nitrogen and oxygen atoms in total. The van der Waals surface area contributed by atoms with E-state index in [2.05, 4.69) is 25.2 Å². The molecule has 26 heavy (non-hydrogen) atoms. The average molecular weight is 350 g/mol. The van der Waals surface area contributed by atoms with E-state index in [1.807, 2.05) is 12.1 Å². The summed E-state index contributed by atoms with van der Waals surface area (Å²) in [6.45, 7) is 4.37. The molecule has 0 aromatic heterocycles. The fraction of sp³-hybridized carbons (Fsp3) is 0.318. The van der Waals surface area contributed by atoms with Crippen LogP contribution < -0.4 is 15.8 Å². The molecule has 0 amide bonds. The Bertz CT molecular complexity index is 834. The van der Waals surface area contributed by atoms with Crippen LogP contribution >= 0.6 is 0 Å². The smallest absolute Gasteiger partial charge is 0.187 e. The summed E-state index contributed by atoms with van der Waals surface area (Å²) in [7, 11) is 1.66. The van der Waals surface area contributed by atoms with Crippen LogP contribution in [-0.4, -0.2) is 18.4 Å². The summed E-state index contributed by atoms with van der Waals surface area (Å²) >= 11 is 0. The van der Waals surface area contributed by atoms with E-state index >= 15 is 0 Å². The maximum absolute atomic E-state index is 12.8. The number of nitrogens with one attached hydrogen (secondary N) is 1. The molecule has 0 unspecified atom stereocenters. The van der Waals surface area contributed by atoms with Gasteiger partial charge in [-0.25, -0.2) is 0 Å². The van der Waals surface area contributed by atoms with E-state index in [4.69, 9.17) is 10.5 Å². The number of allylic oxidation sites excluding steroid dienone is 1. The predicted molar refractivity (Wildman–Crippen MR) is 106 cm³/mol. The highest BCUT2D eigenvalue weighted by atomic mass is 16.5. The lowest BCUT2D eigenvalue weighted by Gasteiger charge is -2.40. The number of rotatable bonds is 5. The molecule has 0 saturated carbocycles. The van der Waals surface area contributed by atoms with Gasteiger partial charge in [0.2, 0.25) is 0 Å². The van der Waals surface area contributed by atoms with E-state index in [1.54, 1.807) is 37.5 Å². The Morgan fingerprint density at radius 2 is 1.88 bits per heavy atom. The van der Waals surface area contributed by atoms with E-state index in [-0.39, 0.29) is 11.3 Å². The number of fused-ring (bicyclic) bond motifs is 1. The summed E-state index contributed by atoms with van der Waals surface area (Å²) in [6.07, 6.45) is 4.61. The summed E-state index contributed by atoms with van der Waals surface area (Å²) < 4.78 is 5.38. The van der Waals surface area contributed by atoms with Crippen LogP contribution in [0.4, 0.5) is 5.69 Å². The lowest BCUT2D eigenvalue weighted by molar-refractivity contribution is 0.104. The molecule has 0 bridgehead atoms. The molecule has 0 aliphatic carbocycles. The van der Waals surface area contributed by atoms with Crippen molar-refractivity contribution in [2.24, 2.45) is 0 Å². The first-order chi connectivity index (χ1) is 12.5. The van der Waals surface area contributed by atoms with Crippen molar-refractivity contribution < 1.29 is 9.53 Å². The predicted octanol–water partition coefficient (Wildman–Crippen LogP) is 4.21. The number of ether oxygens (including phenoxy) is 1. The molecular formula is C22H26N2O2. The van der Waals surface area contributed by atoms with Crippen LogP contribution in [0.25, 0.3) is 5.70 Å². The van der Waals surface area contributed by atoms with Gasteiger partial charge in [-0.3, -0.25) is 4.79 Å². The van der Waals surface area contributed by atoms with Crippen LogP contribution in [-0.2, 0) is 6.42 Å². The quantitative estimate of drug-likeness (QED) is 0.482. The Kier molecular flexibility index (Phi) is 5.03. The molecule has 0 spiro atoms. The molecule has 3 N–H and O–H groups in total. The van der Waals surface area contributed by atoms with Gasteiger partial charge in [-0.15, -0.1) is 0 Å². The van der Waals surface area contributed by atoms with Crippen LogP contribution in [0, 0.1) is 0 Å². The minimum absolute atomic E-state index is 0.0329. The van der Waals surface area contributed by atoms with E-state index in [9.17, 15) is 4.79 Å². The zero-order valence-corrected chi connectivity index (χ0v) is 15.6. The number of ketones is 1. The number of hydrogen-bond donors (Lipinski definition) is 2. The number of carbonyl (C=O) groups excluding carboxylic acids is 1. The van der Waals surface area contributed by atoms with Gasteiger partial charge >= 0.3 is 0 Å². The van der Waals surface area contributed by atoms with Crippen molar-refractivity contribution in [3.05, 3.63) is 65.2 Å². The Morgan fingerprint density at radius 3 is 2.50 bits per heavy atom. The van der Waals surface area contributed by atoms with Crippen molar-refractivity contribution >= 4 is 17.2 Å². The van der Waals surface area contributed by atoms with Gasteiger partial charge in [0.05, 0.1) is 7.11 Å². The van der Waals surface area contributed by atoms with E-state index in [0.29, 0.717) is 11.3 Å². The Balaban J connectivity index is 2.06. The van der Waals surface area contributed by atoms with Gasteiger partial charge in [0.25, 0.3) is 0 Å². The van der Waals surface area contributed by atoms with Crippen molar-refractivity contribution in [2.45, 2.75) is 38.6 Å². The molecule has 1 aliphatic rings. The third-order valence-corrected chi connectivity index (χ3v) is 5.36. The lowest BCUT2D eigenvalue weighted by Crippen LogP contribution is -2.48. The summed E-state index contributed by atoms with van der Waals surface area (Å²) in [5, 5.41) is 3.65. The number of methoxy groups -OCH3 is 1. The van der Waals surface area contributed by atoms with Crippen LogP contribution in [0.5, 0.6) is 5.75 Å². The van der Waals surface area contributed by atoms with Gasteiger partial charge < -0.3 is 15.8 Å². The van der Waals surface area contributed by atoms with Crippen molar-refractivity contribution in [1.29, 1.82) is 0 Å². The minimum atomic E-state index is -0.0377. The Morgan fingerprint density at radius 1 is 1.19 bits per heavy atom. The standard InChI is InChI=1S/C22H26N2O2/c1-4-22(5-2)14-16-8-11-18(26-3)12-19(16)20(24-22)13-21(25)15-6-9-17(23)10-7-15/h6-13,24H,4-5,14,23H2,1-3H3/b20-13-. The van der Waals surface area contributed by atoms with E-state index in [0.717, 1.165) is 36.3 Å². The Labute approximate surface area is 155 Å². The zero-order valence-electron chi connectivity index (χ0n) is 15.6. The molecule has 4 heteroatoms. The summed E-state index contributed by atoms with van der Waals surface area (Å²) in [6, 6.07) is 13.1. The van der Waals surface area contributed by atoms with Crippen LogP contribution in [0.15, 0.2) is 48.5 Å².